The van der Waals surface area contributed by atoms with Crippen LogP contribution in [0.15, 0.2) is 59.3 Å². The molecule has 0 aliphatic rings. The summed E-state index contributed by atoms with van der Waals surface area (Å²) >= 11 is 1.59. The lowest BCUT2D eigenvalue weighted by Crippen LogP contribution is -2.30. The van der Waals surface area contributed by atoms with Crippen molar-refractivity contribution in [3.63, 3.8) is 0 Å². The smallest absolute Gasteiger partial charge is 0.254 e. The largest absolute Gasteiger partial charge is 0.330 e. The van der Waals surface area contributed by atoms with Gasteiger partial charge in [0.25, 0.3) is 5.91 Å². The molecule has 0 saturated heterocycles. The van der Waals surface area contributed by atoms with E-state index in [0.29, 0.717) is 18.7 Å². The number of amides is 1. The molecule has 0 N–H and O–H groups in total. The molecular formula is C17H20N2O3S2. The Morgan fingerprint density at radius 2 is 1.88 bits per heavy atom. The normalized spacial score (nSPS) is 11.5. The van der Waals surface area contributed by atoms with Crippen LogP contribution in [0.2, 0.25) is 0 Å². The highest BCUT2D eigenvalue weighted by atomic mass is 32.2. The van der Waals surface area contributed by atoms with Crippen LogP contribution in [0, 0.1) is 0 Å². The number of hydrogen-bond acceptors (Lipinski definition) is 4. The summed E-state index contributed by atoms with van der Waals surface area (Å²) in [7, 11) is -0.550. The summed E-state index contributed by atoms with van der Waals surface area (Å²) in [6.45, 7) is 4.62. The van der Waals surface area contributed by atoms with Gasteiger partial charge >= 0.3 is 0 Å². The zero-order valence-corrected chi connectivity index (χ0v) is 15.3. The summed E-state index contributed by atoms with van der Waals surface area (Å²) in [5, 5.41) is 1.97. The zero-order chi connectivity index (χ0) is 17.7. The zero-order valence-electron chi connectivity index (χ0n) is 13.7. The van der Waals surface area contributed by atoms with Crippen LogP contribution in [0.4, 0.5) is 0 Å². The quantitative estimate of drug-likeness (QED) is 0.710. The summed E-state index contributed by atoms with van der Waals surface area (Å²) in [6.07, 6.45) is 1.68. The molecule has 128 valence electrons. The third kappa shape index (κ3) is 4.11. The first-order valence-electron chi connectivity index (χ1n) is 7.31. The average molecular weight is 364 g/mol. The summed E-state index contributed by atoms with van der Waals surface area (Å²) in [5.41, 5.74) is 0.450. The lowest BCUT2D eigenvalue weighted by Gasteiger charge is -2.20. The number of carbonyl (C=O) groups excluding carboxylic acids is 1. The fourth-order valence-corrected chi connectivity index (χ4v) is 3.75. The van der Waals surface area contributed by atoms with Crippen LogP contribution in [0.5, 0.6) is 0 Å². The maximum atomic E-state index is 12.7. The first-order chi connectivity index (χ1) is 11.4. The highest BCUT2D eigenvalue weighted by Crippen LogP contribution is 2.17. The standard InChI is InChI=1S/C17H20N2O3S2/c1-4-11-19(13-15-6-5-12-23-15)17(20)14-7-9-16(10-8-14)24(21,22)18(2)3/h4-10,12H,1,11,13H2,2-3H3. The minimum Gasteiger partial charge on any atom is -0.330 e. The van der Waals surface area contributed by atoms with E-state index in [1.807, 2.05) is 17.5 Å². The highest BCUT2D eigenvalue weighted by molar-refractivity contribution is 7.89. The van der Waals surface area contributed by atoms with E-state index in [1.165, 1.54) is 26.2 Å². The van der Waals surface area contributed by atoms with Crippen molar-refractivity contribution in [2.24, 2.45) is 0 Å². The van der Waals surface area contributed by atoms with Crippen LogP contribution in [-0.4, -0.2) is 44.2 Å². The van der Waals surface area contributed by atoms with Gasteiger partial charge in [-0.2, -0.15) is 0 Å². The molecule has 0 unspecified atom stereocenters. The first kappa shape index (κ1) is 18.4. The number of carbonyl (C=O) groups is 1. The fourth-order valence-electron chi connectivity index (χ4n) is 2.13. The monoisotopic (exact) mass is 364 g/mol. The van der Waals surface area contributed by atoms with Crippen LogP contribution in [0.25, 0.3) is 0 Å². The second kappa shape index (κ2) is 7.74. The molecule has 5 nitrogen and oxygen atoms in total. The van der Waals surface area contributed by atoms with Crippen molar-refractivity contribution in [3.05, 3.63) is 64.9 Å². The SMILES string of the molecule is C=CCN(Cc1cccs1)C(=O)c1ccc(S(=O)(=O)N(C)C)cc1. The van der Waals surface area contributed by atoms with Gasteiger partial charge in [-0.05, 0) is 35.7 Å². The molecule has 1 aromatic carbocycles. The van der Waals surface area contributed by atoms with E-state index in [-0.39, 0.29) is 10.8 Å². The Morgan fingerprint density at radius 3 is 2.38 bits per heavy atom. The van der Waals surface area contributed by atoms with E-state index in [0.717, 1.165) is 9.18 Å². The lowest BCUT2D eigenvalue weighted by atomic mass is 10.2. The molecule has 0 aliphatic heterocycles. The van der Waals surface area contributed by atoms with Crippen molar-refractivity contribution < 1.29 is 13.2 Å². The Hall–Kier alpha value is -1.96. The van der Waals surface area contributed by atoms with E-state index in [1.54, 1.807) is 34.4 Å². The van der Waals surface area contributed by atoms with E-state index in [9.17, 15) is 13.2 Å². The van der Waals surface area contributed by atoms with Gasteiger partial charge < -0.3 is 4.90 Å². The average Bonchev–Trinajstić information content (AvgIpc) is 3.07. The lowest BCUT2D eigenvalue weighted by molar-refractivity contribution is 0.0764. The topological polar surface area (TPSA) is 57.7 Å². The summed E-state index contributed by atoms with van der Waals surface area (Å²) in [5.74, 6) is -0.155. The van der Waals surface area contributed by atoms with Crippen LogP contribution in [0.1, 0.15) is 15.2 Å². The van der Waals surface area contributed by atoms with Gasteiger partial charge in [0.05, 0.1) is 11.4 Å². The van der Waals surface area contributed by atoms with Crippen molar-refractivity contribution in [1.29, 1.82) is 0 Å². The van der Waals surface area contributed by atoms with Crippen LogP contribution in [-0.2, 0) is 16.6 Å². The summed E-state index contributed by atoms with van der Waals surface area (Å²) in [4.78, 5) is 15.6. The molecule has 1 aromatic heterocycles. The van der Waals surface area contributed by atoms with Gasteiger partial charge in [-0.25, -0.2) is 12.7 Å². The number of hydrogen-bond donors (Lipinski definition) is 0. The maximum Gasteiger partial charge on any atom is 0.254 e. The Kier molecular flexibility index (Phi) is 5.93. The van der Waals surface area contributed by atoms with Gasteiger partial charge in [0.1, 0.15) is 0 Å². The van der Waals surface area contributed by atoms with Crippen molar-refractivity contribution in [1.82, 2.24) is 9.21 Å². The number of sulfonamides is 1. The molecule has 24 heavy (non-hydrogen) atoms. The molecule has 0 fully saturated rings. The molecule has 2 aromatic rings. The predicted octanol–water partition coefficient (Wildman–Crippen LogP) is 2.83. The van der Waals surface area contributed by atoms with Crippen molar-refractivity contribution in [2.75, 3.05) is 20.6 Å². The predicted molar refractivity (Wildman–Crippen MR) is 96.6 cm³/mol. The molecule has 0 spiro atoms. The maximum absolute atomic E-state index is 12.7. The minimum atomic E-state index is -3.50. The summed E-state index contributed by atoms with van der Waals surface area (Å²) in [6, 6.07) is 9.92. The van der Waals surface area contributed by atoms with Gasteiger partial charge in [-0.1, -0.05) is 12.1 Å². The van der Waals surface area contributed by atoms with E-state index in [4.69, 9.17) is 0 Å². The Labute approximate surface area is 146 Å². The number of thiophene rings is 1. The molecule has 0 saturated carbocycles. The molecule has 2 rings (SSSR count). The molecule has 7 heteroatoms. The summed E-state index contributed by atoms with van der Waals surface area (Å²) < 4.78 is 25.3. The molecule has 0 aliphatic carbocycles. The number of nitrogens with zero attached hydrogens (tertiary/aromatic N) is 2. The van der Waals surface area contributed by atoms with Crippen LogP contribution in [0.3, 0.4) is 0 Å². The second-order valence-electron chi connectivity index (χ2n) is 5.37. The van der Waals surface area contributed by atoms with E-state index < -0.39 is 10.0 Å². The third-order valence-electron chi connectivity index (χ3n) is 3.44. The van der Waals surface area contributed by atoms with E-state index in [2.05, 4.69) is 6.58 Å². The highest BCUT2D eigenvalue weighted by Gasteiger charge is 2.19. The minimum absolute atomic E-state index is 0.155. The van der Waals surface area contributed by atoms with Gasteiger partial charge in [-0.15, -0.1) is 17.9 Å². The first-order valence-corrected chi connectivity index (χ1v) is 9.63. The molecule has 0 atom stereocenters. The van der Waals surface area contributed by atoms with Crippen molar-refractivity contribution in [3.8, 4) is 0 Å². The molecule has 1 amide bonds. The molecule has 1 heterocycles. The van der Waals surface area contributed by atoms with Gasteiger partial charge in [-0.3, -0.25) is 4.79 Å². The Bertz CT molecular complexity index is 795. The molecule has 0 bridgehead atoms. The molecule has 0 radical (unpaired) electrons. The van der Waals surface area contributed by atoms with Gasteiger partial charge in [0.15, 0.2) is 0 Å². The van der Waals surface area contributed by atoms with Gasteiger partial charge in [0, 0.05) is 31.1 Å². The molecular weight excluding hydrogens is 344 g/mol. The van der Waals surface area contributed by atoms with Crippen LogP contribution < -0.4 is 0 Å². The van der Waals surface area contributed by atoms with Crippen LogP contribution >= 0.6 is 11.3 Å². The number of rotatable bonds is 7. The second-order valence-corrected chi connectivity index (χ2v) is 8.55. The third-order valence-corrected chi connectivity index (χ3v) is 6.13. The van der Waals surface area contributed by atoms with Crippen molar-refractivity contribution >= 4 is 27.3 Å². The Balaban J connectivity index is 2.22. The number of benzene rings is 1. The van der Waals surface area contributed by atoms with Gasteiger partial charge in [0.2, 0.25) is 10.0 Å². The van der Waals surface area contributed by atoms with E-state index >= 15 is 0 Å². The fraction of sp³-hybridized carbons (Fsp3) is 0.235. The Morgan fingerprint density at radius 1 is 1.21 bits per heavy atom. The van der Waals surface area contributed by atoms with Crippen molar-refractivity contribution in [2.45, 2.75) is 11.4 Å².